The lowest BCUT2D eigenvalue weighted by atomic mass is 10.0. The van der Waals surface area contributed by atoms with Crippen molar-refractivity contribution in [2.24, 2.45) is 0 Å². The Kier molecular flexibility index (Phi) is 7.95. The maximum atomic E-state index is 13.3. The largest absolute Gasteiger partial charge is 0.480 e. The second-order valence-corrected chi connectivity index (χ2v) is 10.4. The predicted molar refractivity (Wildman–Crippen MR) is 124 cm³/mol. The van der Waals surface area contributed by atoms with Crippen molar-refractivity contribution in [2.45, 2.75) is 49.0 Å². The number of nitrogens with one attached hydrogen (secondary N) is 3. The fourth-order valence-electron chi connectivity index (χ4n) is 3.95. The molecule has 3 amide bonds. The van der Waals surface area contributed by atoms with Crippen molar-refractivity contribution in [3.8, 4) is 0 Å². The van der Waals surface area contributed by atoms with Crippen LogP contribution in [0.5, 0.6) is 0 Å². The number of carbonyl (C=O) groups is 5. The standard InChI is InChI=1S/C22H29N5O6S/c1-4-26-10-11-27(20(31)19(26)30)25-15(13-8-6-5-7-9-13)17(29)23-14(12-28)18-24-16(21(32)33)22(2,3)34-18/h5-9,12,14-16,18,24-25H,4,10-11H2,1-3H3,(H,23,29)(H,32,33)/t14-,15-,16+,18-/m1/s1. The number of piperazine rings is 1. The van der Waals surface area contributed by atoms with Crippen LogP contribution in [0.4, 0.5) is 0 Å². The molecule has 0 bridgehead atoms. The molecule has 3 rings (SSSR count). The molecule has 11 nitrogen and oxygen atoms in total. The first-order valence-corrected chi connectivity index (χ1v) is 11.8. The molecule has 2 heterocycles. The Morgan fingerprint density at radius 2 is 1.91 bits per heavy atom. The van der Waals surface area contributed by atoms with Crippen molar-refractivity contribution in [1.29, 1.82) is 0 Å². The topological polar surface area (TPSA) is 148 Å². The van der Waals surface area contributed by atoms with Gasteiger partial charge in [-0.2, -0.15) is 0 Å². The summed E-state index contributed by atoms with van der Waals surface area (Å²) < 4.78 is -0.703. The van der Waals surface area contributed by atoms with Crippen molar-refractivity contribution in [3.63, 3.8) is 0 Å². The van der Waals surface area contributed by atoms with Crippen LogP contribution in [0, 0.1) is 0 Å². The number of hydrazine groups is 1. The quantitative estimate of drug-likeness (QED) is 0.265. The van der Waals surface area contributed by atoms with Gasteiger partial charge in [-0.1, -0.05) is 30.3 Å². The number of amides is 3. The summed E-state index contributed by atoms with van der Waals surface area (Å²) in [5.74, 6) is -3.07. The van der Waals surface area contributed by atoms with Crippen LogP contribution < -0.4 is 16.1 Å². The van der Waals surface area contributed by atoms with Gasteiger partial charge in [0.25, 0.3) is 0 Å². The van der Waals surface area contributed by atoms with Gasteiger partial charge < -0.3 is 20.1 Å². The van der Waals surface area contributed by atoms with Gasteiger partial charge in [0, 0.05) is 17.8 Å². The van der Waals surface area contributed by atoms with E-state index in [2.05, 4.69) is 16.1 Å². The number of carbonyl (C=O) groups excluding carboxylic acids is 4. The van der Waals surface area contributed by atoms with Gasteiger partial charge in [-0.3, -0.25) is 29.5 Å². The Bertz CT molecular complexity index is 958. The van der Waals surface area contributed by atoms with Gasteiger partial charge in [-0.15, -0.1) is 11.8 Å². The number of carboxylic acid groups (broad SMARTS) is 1. The number of likely N-dealkylation sites (N-methyl/N-ethyl adjacent to an activating group) is 1. The molecule has 1 aromatic carbocycles. The molecule has 2 fully saturated rings. The molecule has 0 saturated carbocycles. The van der Waals surface area contributed by atoms with E-state index < -0.39 is 51.9 Å². The smallest absolute Gasteiger partial charge is 0.326 e. The van der Waals surface area contributed by atoms with Gasteiger partial charge in [-0.05, 0) is 26.3 Å². The summed E-state index contributed by atoms with van der Waals surface area (Å²) in [4.78, 5) is 63.0. The molecule has 184 valence electrons. The van der Waals surface area contributed by atoms with Gasteiger partial charge in [0.15, 0.2) is 0 Å². The first-order chi connectivity index (χ1) is 16.1. The van der Waals surface area contributed by atoms with Crippen LogP contribution in [0.2, 0.25) is 0 Å². The van der Waals surface area contributed by atoms with E-state index in [0.717, 1.165) is 5.01 Å². The SMILES string of the molecule is CCN1CCN(N[C@@H](C(=O)N[C@H](C=O)[C@@H]2N[C@@H](C(=O)O)C(C)(C)S2)c2ccccc2)C(=O)C1=O. The monoisotopic (exact) mass is 491 g/mol. The second-order valence-electron chi connectivity index (χ2n) is 8.56. The molecule has 0 unspecified atom stereocenters. The zero-order valence-corrected chi connectivity index (χ0v) is 20.0. The number of nitrogens with zero attached hydrogens (tertiary/aromatic N) is 2. The van der Waals surface area contributed by atoms with Crippen molar-refractivity contribution >= 4 is 41.7 Å². The summed E-state index contributed by atoms with van der Waals surface area (Å²) in [5, 5.41) is 15.5. The van der Waals surface area contributed by atoms with E-state index in [0.29, 0.717) is 24.9 Å². The number of hydrogen-bond acceptors (Lipinski definition) is 8. The summed E-state index contributed by atoms with van der Waals surface area (Å²) in [6.45, 7) is 6.20. The maximum Gasteiger partial charge on any atom is 0.326 e. The summed E-state index contributed by atoms with van der Waals surface area (Å²) >= 11 is 1.25. The minimum atomic E-state index is -1.07. The molecule has 0 radical (unpaired) electrons. The lowest BCUT2D eigenvalue weighted by molar-refractivity contribution is -0.159. The minimum absolute atomic E-state index is 0.195. The van der Waals surface area contributed by atoms with Crippen molar-refractivity contribution in [1.82, 2.24) is 26.0 Å². The highest BCUT2D eigenvalue weighted by atomic mass is 32.2. The lowest BCUT2D eigenvalue weighted by Gasteiger charge is -2.35. The fourth-order valence-corrected chi connectivity index (χ4v) is 5.40. The van der Waals surface area contributed by atoms with Crippen LogP contribution in [-0.2, 0) is 24.0 Å². The first-order valence-electron chi connectivity index (χ1n) is 10.9. The van der Waals surface area contributed by atoms with Crippen molar-refractivity contribution < 1.29 is 29.1 Å². The molecule has 2 saturated heterocycles. The Balaban J connectivity index is 1.78. The van der Waals surface area contributed by atoms with Crippen LogP contribution >= 0.6 is 11.8 Å². The molecule has 2 aliphatic heterocycles. The van der Waals surface area contributed by atoms with Gasteiger partial charge in [-0.25, -0.2) is 5.43 Å². The molecule has 0 aromatic heterocycles. The molecule has 34 heavy (non-hydrogen) atoms. The maximum absolute atomic E-state index is 13.3. The van der Waals surface area contributed by atoms with Crippen LogP contribution in [0.25, 0.3) is 0 Å². The van der Waals surface area contributed by atoms with E-state index in [-0.39, 0.29) is 6.54 Å². The molecule has 0 aliphatic carbocycles. The average Bonchev–Trinajstić information content (AvgIpc) is 3.14. The number of rotatable bonds is 9. The highest BCUT2D eigenvalue weighted by molar-refractivity contribution is 8.01. The highest BCUT2D eigenvalue weighted by Gasteiger charge is 2.48. The van der Waals surface area contributed by atoms with E-state index in [9.17, 15) is 29.1 Å². The third kappa shape index (κ3) is 5.40. The van der Waals surface area contributed by atoms with Crippen molar-refractivity contribution in [2.75, 3.05) is 19.6 Å². The van der Waals surface area contributed by atoms with Gasteiger partial charge >= 0.3 is 17.8 Å². The van der Waals surface area contributed by atoms with E-state index in [1.165, 1.54) is 16.7 Å². The molecule has 12 heteroatoms. The van der Waals surface area contributed by atoms with E-state index in [1.807, 2.05) is 0 Å². The molecule has 0 spiro atoms. The average molecular weight is 492 g/mol. The predicted octanol–water partition coefficient (Wildman–Crippen LogP) is -0.499. The van der Waals surface area contributed by atoms with E-state index >= 15 is 0 Å². The van der Waals surface area contributed by atoms with Gasteiger partial charge in [0.1, 0.15) is 24.4 Å². The third-order valence-electron chi connectivity index (χ3n) is 5.86. The zero-order valence-electron chi connectivity index (χ0n) is 19.2. The van der Waals surface area contributed by atoms with Crippen LogP contribution in [0.3, 0.4) is 0 Å². The Morgan fingerprint density at radius 3 is 2.47 bits per heavy atom. The van der Waals surface area contributed by atoms with Crippen LogP contribution in [-0.4, -0.2) is 86.8 Å². The number of benzene rings is 1. The summed E-state index contributed by atoms with van der Waals surface area (Å²) in [6.07, 6.45) is 0.555. The number of aliphatic carboxylic acids is 1. The zero-order chi connectivity index (χ0) is 25.0. The fraction of sp³-hybridized carbons (Fsp3) is 0.500. The number of aldehydes is 1. The molecule has 4 atom stereocenters. The molecular formula is C22H29N5O6S. The third-order valence-corrected chi connectivity index (χ3v) is 7.38. The van der Waals surface area contributed by atoms with E-state index in [1.54, 1.807) is 51.1 Å². The van der Waals surface area contributed by atoms with Crippen molar-refractivity contribution in [3.05, 3.63) is 35.9 Å². The van der Waals surface area contributed by atoms with Crippen LogP contribution in [0.1, 0.15) is 32.4 Å². The van der Waals surface area contributed by atoms with Gasteiger partial charge in [0.05, 0.1) is 11.9 Å². The number of hydrogen-bond donors (Lipinski definition) is 4. The Labute approximate surface area is 201 Å². The first kappa shape index (κ1) is 25.7. The molecule has 1 aromatic rings. The Hall–Kier alpha value is -2.96. The van der Waals surface area contributed by atoms with Crippen LogP contribution in [0.15, 0.2) is 30.3 Å². The lowest BCUT2D eigenvalue weighted by Crippen LogP contribution is -2.61. The second kappa shape index (κ2) is 10.5. The number of thioether (sulfide) groups is 1. The number of carboxylic acids is 1. The molecule has 4 N–H and O–H groups in total. The molecular weight excluding hydrogens is 462 g/mol. The minimum Gasteiger partial charge on any atom is -0.480 e. The summed E-state index contributed by atoms with van der Waals surface area (Å²) in [5.41, 5.74) is 3.37. The summed E-state index contributed by atoms with van der Waals surface area (Å²) in [6, 6.07) is 5.61. The summed E-state index contributed by atoms with van der Waals surface area (Å²) in [7, 11) is 0. The normalized spacial score (nSPS) is 24.0. The Morgan fingerprint density at radius 1 is 1.24 bits per heavy atom. The van der Waals surface area contributed by atoms with Gasteiger partial charge in [0.2, 0.25) is 5.91 Å². The highest BCUT2D eigenvalue weighted by Crippen LogP contribution is 2.39. The molecule has 2 aliphatic rings. The van der Waals surface area contributed by atoms with E-state index in [4.69, 9.17) is 0 Å².